The standard InChI is InChI=1S/C12H20O2/c1-9-6-7-12(14)10(2)11(9)5-3-4-8-13/h9,13H,3-8H2,1-2H3. The average Bonchev–Trinajstić information content (AvgIpc) is 2.18. The Morgan fingerprint density at radius 2 is 2.14 bits per heavy atom. The zero-order chi connectivity index (χ0) is 10.6. The molecule has 2 heteroatoms. The van der Waals surface area contributed by atoms with E-state index in [4.69, 9.17) is 5.11 Å². The third kappa shape index (κ3) is 2.68. The second kappa shape index (κ2) is 5.30. The average molecular weight is 196 g/mol. The summed E-state index contributed by atoms with van der Waals surface area (Å²) in [5, 5.41) is 8.70. The second-order valence-electron chi connectivity index (χ2n) is 4.19. The molecular weight excluding hydrogens is 176 g/mol. The molecule has 2 nitrogen and oxygen atoms in total. The highest BCUT2D eigenvalue weighted by molar-refractivity contribution is 5.96. The van der Waals surface area contributed by atoms with Crippen molar-refractivity contribution in [3.05, 3.63) is 11.1 Å². The van der Waals surface area contributed by atoms with Crippen molar-refractivity contribution in [1.29, 1.82) is 0 Å². The fourth-order valence-electron chi connectivity index (χ4n) is 2.12. The Morgan fingerprint density at radius 1 is 1.43 bits per heavy atom. The van der Waals surface area contributed by atoms with Gasteiger partial charge in [-0.1, -0.05) is 12.5 Å². The van der Waals surface area contributed by atoms with Gasteiger partial charge in [0.05, 0.1) is 0 Å². The minimum Gasteiger partial charge on any atom is -0.396 e. The minimum absolute atomic E-state index is 0.259. The van der Waals surface area contributed by atoms with Gasteiger partial charge in [-0.3, -0.25) is 4.79 Å². The number of Topliss-reactive ketones (excluding diaryl/α,β-unsaturated/α-hetero) is 1. The Bertz CT molecular complexity index is 241. The third-order valence-corrected chi connectivity index (χ3v) is 3.15. The van der Waals surface area contributed by atoms with Gasteiger partial charge in [-0.2, -0.15) is 0 Å². The number of unbranched alkanes of at least 4 members (excludes halogenated alkanes) is 1. The molecular formula is C12H20O2. The van der Waals surface area contributed by atoms with Crippen LogP contribution in [0.2, 0.25) is 0 Å². The van der Waals surface area contributed by atoms with Crippen LogP contribution in [0.3, 0.4) is 0 Å². The van der Waals surface area contributed by atoms with Crippen molar-refractivity contribution in [2.45, 2.75) is 46.0 Å². The van der Waals surface area contributed by atoms with Gasteiger partial charge in [0, 0.05) is 13.0 Å². The van der Waals surface area contributed by atoms with Crippen molar-refractivity contribution in [3.63, 3.8) is 0 Å². The number of carbonyl (C=O) groups excluding carboxylic acids is 1. The maximum absolute atomic E-state index is 11.5. The summed E-state index contributed by atoms with van der Waals surface area (Å²) in [5.41, 5.74) is 2.32. The zero-order valence-electron chi connectivity index (χ0n) is 9.18. The molecule has 1 atom stereocenters. The minimum atomic E-state index is 0.259. The predicted molar refractivity (Wildman–Crippen MR) is 57.0 cm³/mol. The Balaban J connectivity index is 2.61. The van der Waals surface area contributed by atoms with Crippen molar-refractivity contribution in [2.75, 3.05) is 6.61 Å². The van der Waals surface area contributed by atoms with Crippen molar-refractivity contribution in [3.8, 4) is 0 Å². The van der Waals surface area contributed by atoms with Crippen LogP contribution in [0.25, 0.3) is 0 Å². The lowest BCUT2D eigenvalue weighted by molar-refractivity contribution is -0.116. The second-order valence-corrected chi connectivity index (χ2v) is 4.19. The zero-order valence-corrected chi connectivity index (χ0v) is 9.18. The summed E-state index contributed by atoms with van der Waals surface area (Å²) in [4.78, 5) is 11.5. The van der Waals surface area contributed by atoms with Crippen LogP contribution in [-0.2, 0) is 4.79 Å². The third-order valence-electron chi connectivity index (χ3n) is 3.15. The molecule has 0 bridgehead atoms. The molecule has 14 heavy (non-hydrogen) atoms. The van der Waals surface area contributed by atoms with Gasteiger partial charge in [0.2, 0.25) is 0 Å². The number of aliphatic hydroxyl groups is 1. The van der Waals surface area contributed by atoms with Gasteiger partial charge in [-0.25, -0.2) is 0 Å². The number of hydrogen-bond acceptors (Lipinski definition) is 2. The van der Waals surface area contributed by atoms with Gasteiger partial charge in [-0.05, 0) is 44.1 Å². The highest BCUT2D eigenvalue weighted by atomic mass is 16.2. The van der Waals surface area contributed by atoms with Gasteiger partial charge in [-0.15, -0.1) is 0 Å². The monoisotopic (exact) mass is 196 g/mol. The molecule has 1 aliphatic rings. The van der Waals surface area contributed by atoms with Gasteiger partial charge in [0.25, 0.3) is 0 Å². The molecule has 80 valence electrons. The SMILES string of the molecule is CC1=C(CCCCO)C(C)CCC1=O. The van der Waals surface area contributed by atoms with E-state index in [1.54, 1.807) is 0 Å². The summed E-state index contributed by atoms with van der Waals surface area (Å²) < 4.78 is 0. The highest BCUT2D eigenvalue weighted by Gasteiger charge is 2.21. The molecule has 1 aliphatic carbocycles. The molecule has 1 rings (SSSR count). The number of rotatable bonds is 4. The Labute approximate surface area is 86.0 Å². The summed E-state index contributed by atoms with van der Waals surface area (Å²) >= 11 is 0. The fourth-order valence-corrected chi connectivity index (χ4v) is 2.12. The topological polar surface area (TPSA) is 37.3 Å². The normalized spacial score (nSPS) is 23.1. The van der Waals surface area contributed by atoms with Crippen LogP contribution in [-0.4, -0.2) is 17.5 Å². The lowest BCUT2D eigenvalue weighted by Crippen LogP contribution is -2.16. The Morgan fingerprint density at radius 3 is 2.79 bits per heavy atom. The fraction of sp³-hybridized carbons (Fsp3) is 0.750. The predicted octanol–water partition coefficient (Wildman–Crippen LogP) is 2.46. The maximum Gasteiger partial charge on any atom is 0.158 e. The molecule has 1 unspecified atom stereocenters. The summed E-state index contributed by atoms with van der Waals surface area (Å²) in [6.07, 6.45) is 4.55. The van der Waals surface area contributed by atoms with Crippen molar-refractivity contribution in [1.82, 2.24) is 0 Å². The van der Waals surface area contributed by atoms with E-state index < -0.39 is 0 Å². The molecule has 0 fully saturated rings. The van der Waals surface area contributed by atoms with E-state index in [-0.39, 0.29) is 6.61 Å². The molecule has 0 saturated heterocycles. The molecule has 0 spiro atoms. The van der Waals surface area contributed by atoms with E-state index in [0.717, 1.165) is 37.7 Å². The number of carbonyl (C=O) groups is 1. The molecule has 0 aromatic carbocycles. The van der Waals surface area contributed by atoms with Gasteiger partial charge >= 0.3 is 0 Å². The smallest absolute Gasteiger partial charge is 0.158 e. The highest BCUT2D eigenvalue weighted by Crippen LogP contribution is 2.30. The van der Waals surface area contributed by atoms with E-state index in [1.807, 2.05) is 6.92 Å². The van der Waals surface area contributed by atoms with Gasteiger partial charge in [0.1, 0.15) is 0 Å². The maximum atomic E-state index is 11.5. The number of hydrogen-bond donors (Lipinski definition) is 1. The molecule has 0 aromatic heterocycles. The first kappa shape index (κ1) is 11.4. The van der Waals surface area contributed by atoms with Crippen LogP contribution in [0.5, 0.6) is 0 Å². The number of aliphatic hydroxyl groups excluding tert-OH is 1. The largest absolute Gasteiger partial charge is 0.396 e. The summed E-state index contributed by atoms with van der Waals surface area (Å²) in [6, 6.07) is 0. The van der Waals surface area contributed by atoms with Gasteiger partial charge < -0.3 is 5.11 Å². The lowest BCUT2D eigenvalue weighted by Gasteiger charge is -2.23. The molecule has 0 aromatic rings. The van der Waals surface area contributed by atoms with Crippen LogP contribution in [0.15, 0.2) is 11.1 Å². The van der Waals surface area contributed by atoms with Crippen molar-refractivity contribution in [2.24, 2.45) is 5.92 Å². The first-order valence-electron chi connectivity index (χ1n) is 5.50. The van der Waals surface area contributed by atoms with E-state index in [9.17, 15) is 4.79 Å². The van der Waals surface area contributed by atoms with E-state index >= 15 is 0 Å². The molecule has 1 N–H and O–H groups in total. The number of allylic oxidation sites excluding steroid dienone is 2. The van der Waals surface area contributed by atoms with Crippen LogP contribution in [0.4, 0.5) is 0 Å². The quantitative estimate of drug-likeness (QED) is 0.701. The van der Waals surface area contributed by atoms with Crippen molar-refractivity contribution < 1.29 is 9.90 Å². The summed E-state index contributed by atoms with van der Waals surface area (Å²) in [6.45, 7) is 4.41. The van der Waals surface area contributed by atoms with E-state index in [0.29, 0.717) is 11.7 Å². The lowest BCUT2D eigenvalue weighted by atomic mass is 9.81. The number of ketones is 1. The molecule has 0 heterocycles. The molecule has 0 radical (unpaired) electrons. The van der Waals surface area contributed by atoms with Crippen LogP contribution in [0, 0.1) is 5.92 Å². The van der Waals surface area contributed by atoms with Gasteiger partial charge in [0.15, 0.2) is 5.78 Å². The molecule has 0 aliphatic heterocycles. The van der Waals surface area contributed by atoms with Crippen LogP contribution < -0.4 is 0 Å². The first-order chi connectivity index (χ1) is 6.66. The summed E-state index contributed by atoms with van der Waals surface area (Å²) in [5.74, 6) is 0.883. The van der Waals surface area contributed by atoms with Crippen LogP contribution in [0.1, 0.15) is 46.0 Å². The van der Waals surface area contributed by atoms with Crippen LogP contribution >= 0.6 is 0 Å². The van der Waals surface area contributed by atoms with E-state index in [1.165, 1.54) is 5.57 Å². The first-order valence-corrected chi connectivity index (χ1v) is 5.50. The Kier molecular flexibility index (Phi) is 4.33. The van der Waals surface area contributed by atoms with E-state index in [2.05, 4.69) is 6.92 Å². The molecule has 0 saturated carbocycles. The summed E-state index contributed by atoms with van der Waals surface area (Å²) in [7, 11) is 0. The van der Waals surface area contributed by atoms with Crippen molar-refractivity contribution >= 4 is 5.78 Å². The molecule has 0 amide bonds. The Hall–Kier alpha value is -0.630.